The topological polar surface area (TPSA) is 99.7 Å². The molecule has 0 aliphatic carbocycles. The van der Waals surface area contributed by atoms with E-state index in [4.69, 9.17) is 10.1 Å². The number of nitro benzene ring substituents is 1. The summed E-state index contributed by atoms with van der Waals surface area (Å²) in [5, 5.41) is 28.1. The monoisotopic (exact) mass is 251 g/mol. The molecule has 2 rings (SSSR count). The van der Waals surface area contributed by atoms with Crippen LogP contribution in [0.25, 0.3) is 0 Å². The highest BCUT2D eigenvalue weighted by Gasteiger charge is 2.19. The van der Waals surface area contributed by atoms with Crippen LogP contribution in [0.15, 0.2) is 18.2 Å². The Kier molecular flexibility index (Phi) is 3.42. The smallest absolute Gasteiger partial charge is 0.311 e. The third-order valence-electron chi connectivity index (χ3n) is 2.77. The van der Waals surface area contributed by atoms with Crippen molar-refractivity contribution in [3.05, 3.63) is 33.9 Å². The first kappa shape index (κ1) is 12.3. The molecule has 0 radical (unpaired) electrons. The van der Waals surface area contributed by atoms with Gasteiger partial charge in [-0.05, 0) is 12.1 Å². The zero-order chi connectivity index (χ0) is 13.1. The van der Waals surface area contributed by atoms with E-state index in [1.807, 2.05) is 0 Å². The van der Waals surface area contributed by atoms with Crippen molar-refractivity contribution in [3.63, 3.8) is 0 Å². The maximum absolute atomic E-state index is 10.7. The Balaban J connectivity index is 2.24. The van der Waals surface area contributed by atoms with Crippen LogP contribution in [0, 0.1) is 15.5 Å². The van der Waals surface area contributed by atoms with E-state index in [1.54, 1.807) is 4.90 Å². The number of benzene rings is 1. The number of nitrogens with zero attached hydrogens (tertiary/aromatic N) is 2. The van der Waals surface area contributed by atoms with Gasteiger partial charge in [0.2, 0.25) is 0 Å². The van der Waals surface area contributed by atoms with Gasteiger partial charge in [0.1, 0.15) is 5.84 Å². The molecule has 1 saturated heterocycles. The fourth-order valence-electron chi connectivity index (χ4n) is 1.79. The van der Waals surface area contributed by atoms with Gasteiger partial charge in [0.25, 0.3) is 0 Å². The molecule has 7 heteroatoms. The van der Waals surface area contributed by atoms with Crippen LogP contribution >= 0.6 is 0 Å². The third kappa shape index (κ3) is 2.40. The van der Waals surface area contributed by atoms with Gasteiger partial charge in [-0.2, -0.15) is 0 Å². The first-order valence-electron chi connectivity index (χ1n) is 5.48. The molecule has 0 atom stereocenters. The normalized spacial score (nSPS) is 15.4. The Labute approximate surface area is 103 Å². The molecule has 96 valence electrons. The van der Waals surface area contributed by atoms with E-state index in [2.05, 4.69) is 0 Å². The number of phenols is 1. The summed E-state index contributed by atoms with van der Waals surface area (Å²) in [6, 6.07) is 3.95. The number of morpholine rings is 1. The molecule has 0 spiro atoms. The molecule has 2 N–H and O–H groups in total. The molecule has 1 fully saturated rings. The molecule has 18 heavy (non-hydrogen) atoms. The minimum atomic E-state index is -0.661. The molecule has 1 aromatic carbocycles. The number of phenolic OH excluding ortho intramolecular Hbond substituents is 1. The standard InChI is InChI=1S/C11H13N3O4/c12-11(13-3-5-18-6-4-13)8-1-2-10(15)9(7-8)14(16)17/h1-2,7,12,15H,3-6H2. The number of ether oxygens (including phenoxy) is 1. The highest BCUT2D eigenvalue weighted by atomic mass is 16.6. The number of rotatable bonds is 2. The molecule has 1 aromatic rings. The summed E-state index contributed by atoms with van der Waals surface area (Å²) in [6.07, 6.45) is 0. The maximum Gasteiger partial charge on any atom is 0.311 e. The van der Waals surface area contributed by atoms with Gasteiger partial charge in [-0.25, -0.2) is 0 Å². The number of nitrogens with one attached hydrogen (secondary N) is 1. The number of amidine groups is 1. The lowest BCUT2D eigenvalue weighted by Gasteiger charge is -2.29. The second kappa shape index (κ2) is 5.01. The summed E-state index contributed by atoms with van der Waals surface area (Å²) >= 11 is 0. The van der Waals surface area contributed by atoms with Crippen molar-refractivity contribution >= 4 is 11.5 Å². The molecule has 1 aliphatic rings. The summed E-state index contributed by atoms with van der Waals surface area (Å²) in [5.41, 5.74) is 0.0342. The van der Waals surface area contributed by atoms with E-state index in [9.17, 15) is 15.2 Å². The molecule has 0 saturated carbocycles. The SMILES string of the molecule is N=C(c1ccc(O)c([N+](=O)[O-])c1)N1CCOCC1. The average Bonchev–Trinajstić information content (AvgIpc) is 2.39. The quantitative estimate of drug-likeness (QED) is 0.353. The second-order valence-corrected chi connectivity index (χ2v) is 3.91. The van der Waals surface area contributed by atoms with Crippen molar-refractivity contribution in [1.82, 2.24) is 4.90 Å². The van der Waals surface area contributed by atoms with E-state index in [1.165, 1.54) is 18.2 Å². The first-order valence-corrected chi connectivity index (χ1v) is 5.48. The lowest BCUT2D eigenvalue weighted by molar-refractivity contribution is -0.385. The number of aromatic hydroxyl groups is 1. The first-order chi connectivity index (χ1) is 8.59. The van der Waals surface area contributed by atoms with Crippen LogP contribution in [0.3, 0.4) is 0 Å². The van der Waals surface area contributed by atoms with Crippen LogP contribution in [0.5, 0.6) is 5.75 Å². The molecule has 7 nitrogen and oxygen atoms in total. The number of hydrogen-bond acceptors (Lipinski definition) is 5. The van der Waals surface area contributed by atoms with Crippen LogP contribution in [-0.4, -0.2) is 47.1 Å². The average molecular weight is 251 g/mol. The Bertz CT molecular complexity index is 483. The predicted molar refractivity (Wildman–Crippen MR) is 64.0 cm³/mol. The predicted octanol–water partition coefficient (Wildman–Crippen LogP) is 0.958. The van der Waals surface area contributed by atoms with Crippen LogP contribution < -0.4 is 0 Å². The summed E-state index contributed by atoms with van der Waals surface area (Å²) in [5.74, 6) is -0.181. The minimum Gasteiger partial charge on any atom is -0.502 e. The van der Waals surface area contributed by atoms with Crippen molar-refractivity contribution in [2.24, 2.45) is 0 Å². The van der Waals surface area contributed by atoms with E-state index in [0.29, 0.717) is 31.9 Å². The molecular formula is C11H13N3O4. The Morgan fingerprint density at radius 2 is 2.11 bits per heavy atom. The molecule has 1 heterocycles. The van der Waals surface area contributed by atoms with Gasteiger partial charge in [0, 0.05) is 24.7 Å². The summed E-state index contributed by atoms with van der Waals surface area (Å²) in [7, 11) is 0. The molecule has 0 amide bonds. The van der Waals surface area contributed by atoms with E-state index < -0.39 is 10.7 Å². The third-order valence-corrected chi connectivity index (χ3v) is 2.77. The van der Waals surface area contributed by atoms with E-state index in [-0.39, 0.29) is 11.5 Å². The zero-order valence-electron chi connectivity index (χ0n) is 9.63. The van der Waals surface area contributed by atoms with Gasteiger partial charge in [0.05, 0.1) is 18.1 Å². The van der Waals surface area contributed by atoms with Gasteiger partial charge >= 0.3 is 5.69 Å². The fraction of sp³-hybridized carbons (Fsp3) is 0.364. The zero-order valence-corrected chi connectivity index (χ0v) is 9.63. The Hall–Kier alpha value is -2.15. The lowest BCUT2D eigenvalue weighted by Crippen LogP contribution is -2.40. The van der Waals surface area contributed by atoms with Crippen LogP contribution in [0.2, 0.25) is 0 Å². The van der Waals surface area contributed by atoms with Gasteiger partial charge < -0.3 is 14.7 Å². The molecule has 0 unspecified atom stereocenters. The number of nitro groups is 1. The van der Waals surface area contributed by atoms with Crippen molar-refractivity contribution in [1.29, 1.82) is 5.41 Å². The van der Waals surface area contributed by atoms with Crippen molar-refractivity contribution in [2.75, 3.05) is 26.3 Å². The van der Waals surface area contributed by atoms with E-state index >= 15 is 0 Å². The molecule has 0 aromatic heterocycles. The van der Waals surface area contributed by atoms with Gasteiger partial charge in [0.15, 0.2) is 5.75 Å². The lowest BCUT2D eigenvalue weighted by atomic mass is 10.1. The van der Waals surface area contributed by atoms with E-state index in [0.717, 1.165) is 0 Å². The Morgan fingerprint density at radius 3 is 2.72 bits per heavy atom. The maximum atomic E-state index is 10.7. The number of hydrogen-bond donors (Lipinski definition) is 2. The molecule has 1 aliphatic heterocycles. The van der Waals surface area contributed by atoms with Gasteiger partial charge in [-0.3, -0.25) is 15.5 Å². The van der Waals surface area contributed by atoms with Gasteiger partial charge in [-0.15, -0.1) is 0 Å². The Morgan fingerprint density at radius 1 is 1.44 bits per heavy atom. The summed E-state index contributed by atoms with van der Waals surface area (Å²) in [4.78, 5) is 11.8. The van der Waals surface area contributed by atoms with Crippen molar-refractivity contribution in [2.45, 2.75) is 0 Å². The van der Waals surface area contributed by atoms with Crippen molar-refractivity contribution in [3.8, 4) is 5.75 Å². The van der Waals surface area contributed by atoms with Gasteiger partial charge in [-0.1, -0.05) is 0 Å². The highest BCUT2D eigenvalue weighted by molar-refractivity contribution is 5.97. The summed E-state index contributed by atoms with van der Waals surface area (Å²) in [6.45, 7) is 2.27. The van der Waals surface area contributed by atoms with Crippen LogP contribution in [0.4, 0.5) is 5.69 Å². The minimum absolute atomic E-state index is 0.210. The summed E-state index contributed by atoms with van der Waals surface area (Å²) < 4.78 is 5.18. The molecular weight excluding hydrogens is 238 g/mol. The van der Waals surface area contributed by atoms with Crippen LogP contribution in [-0.2, 0) is 4.74 Å². The van der Waals surface area contributed by atoms with Crippen molar-refractivity contribution < 1.29 is 14.8 Å². The fourth-order valence-corrected chi connectivity index (χ4v) is 1.79. The largest absolute Gasteiger partial charge is 0.502 e. The van der Waals surface area contributed by atoms with Crippen LogP contribution in [0.1, 0.15) is 5.56 Å². The molecule has 0 bridgehead atoms. The highest BCUT2D eigenvalue weighted by Crippen LogP contribution is 2.26. The second-order valence-electron chi connectivity index (χ2n) is 3.91.